The summed E-state index contributed by atoms with van der Waals surface area (Å²) in [6.07, 6.45) is 2.46. The highest BCUT2D eigenvalue weighted by atomic mass is 32.2. The van der Waals surface area contributed by atoms with Gasteiger partial charge in [0.2, 0.25) is 11.8 Å². The minimum Gasteiger partial charge on any atom is -0.370 e. The summed E-state index contributed by atoms with van der Waals surface area (Å²) >= 11 is 1.38. The summed E-state index contributed by atoms with van der Waals surface area (Å²) in [6.45, 7) is 8.54. The Morgan fingerprint density at radius 1 is 1.25 bits per heavy atom. The Kier molecular flexibility index (Phi) is 6.26. The molecule has 0 bridgehead atoms. The number of hydrogen-bond acceptors (Lipinski definition) is 5. The zero-order valence-corrected chi connectivity index (χ0v) is 15.7. The number of carbonyl (C=O) groups excluding carboxylic acids is 2. The van der Waals surface area contributed by atoms with E-state index in [-0.39, 0.29) is 30.3 Å². The van der Waals surface area contributed by atoms with Crippen molar-refractivity contribution >= 4 is 23.6 Å². The van der Waals surface area contributed by atoms with E-state index in [0.717, 1.165) is 18.7 Å². The van der Waals surface area contributed by atoms with Gasteiger partial charge in [0.1, 0.15) is 5.82 Å². The van der Waals surface area contributed by atoms with Gasteiger partial charge in [-0.15, -0.1) is 10.2 Å². The number of aromatic nitrogens is 3. The van der Waals surface area contributed by atoms with Crippen LogP contribution in [0.5, 0.6) is 0 Å². The topological polar surface area (TPSA) is 94.1 Å². The number of hydrogen-bond donors (Lipinski definition) is 1. The van der Waals surface area contributed by atoms with Crippen molar-refractivity contribution in [1.82, 2.24) is 19.7 Å². The van der Waals surface area contributed by atoms with E-state index >= 15 is 0 Å². The molecule has 134 valence electrons. The maximum absolute atomic E-state index is 12.5. The summed E-state index contributed by atoms with van der Waals surface area (Å²) in [5.41, 5.74) is 5.27. The van der Waals surface area contributed by atoms with Gasteiger partial charge >= 0.3 is 0 Å². The fourth-order valence-corrected chi connectivity index (χ4v) is 3.70. The lowest BCUT2D eigenvalue weighted by molar-refractivity contribution is -0.131. The molecule has 24 heavy (non-hydrogen) atoms. The van der Waals surface area contributed by atoms with Crippen molar-refractivity contribution in [3.8, 4) is 0 Å². The van der Waals surface area contributed by atoms with Gasteiger partial charge in [-0.3, -0.25) is 9.59 Å². The molecule has 2 rings (SSSR count). The van der Waals surface area contributed by atoms with Gasteiger partial charge in [0, 0.05) is 31.0 Å². The number of primary amides is 1. The van der Waals surface area contributed by atoms with E-state index in [0.29, 0.717) is 23.4 Å². The van der Waals surface area contributed by atoms with Gasteiger partial charge in [-0.05, 0) is 40.5 Å². The third-order valence-electron chi connectivity index (χ3n) is 4.00. The lowest BCUT2D eigenvalue weighted by Gasteiger charge is -2.30. The van der Waals surface area contributed by atoms with Crippen LogP contribution in [0.25, 0.3) is 0 Å². The van der Waals surface area contributed by atoms with Gasteiger partial charge in [0.25, 0.3) is 0 Å². The highest BCUT2D eigenvalue weighted by molar-refractivity contribution is 7.99. The standard InChI is InChI=1S/C16H27N5O2S/c1-10(2)21(11(3)4)14(23)9-24-16-19-18-15(12-5-6-12)20(16)8-7-13(17)22/h10-12H,5-9H2,1-4H3,(H2,17,22). The molecule has 1 heterocycles. The zero-order valence-electron chi connectivity index (χ0n) is 14.9. The Labute approximate surface area is 147 Å². The van der Waals surface area contributed by atoms with Crippen molar-refractivity contribution in [1.29, 1.82) is 0 Å². The van der Waals surface area contributed by atoms with Crippen molar-refractivity contribution in [2.75, 3.05) is 5.75 Å². The molecule has 0 spiro atoms. The van der Waals surface area contributed by atoms with Crippen LogP contribution in [0.4, 0.5) is 0 Å². The predicted octanol–water partition coefficient (Wildman–Crippen LogP) is 1.77. The van der Waals surface area contributed by atoms with Crippen LogP contribution in [0.3, 0.4) is 0 Å². The van der Waals surface area contributed by atoms with Crippen LogP contribution >= 0.6 is 11.8 Å². The summed E-state index contributed by atoms with van der Waals surface area (Å²) in [5.74, 6) is 1.40. The molecule has 0 atom stereocenters. The molecule has 0 saturated heterocycles. The molecular formula is C16H27N5O2S. The monoisotopic (exact) mass is 353 g/mol. The molecule has 1 fully saturated rings. The van der Waals surface area contributed by atoms with Crippen molar-refractivity contribution in [2.24, 2.45) is 5.73 Å². The van der Waals surface area contributed by atoms with Gasteiger partial charge in [0.15, 0.2) is 5.16 Å². The summed E-state index contributed by atoms with van der Waals surface area (Å²) in [5, 5.41) is 9.19. The first kappa shape index (κ1) is 18.8. The number of amides is 2. The lowest BCUT2D eigenvalue weighted by atomic mass is 10.2. The largest absolute Gasteiger partial charge is 0.370 e. The first-order valence-corrected chi connectivity index (χ1v) is 9.45. The molecule has 1 aliphatic carbocycles. The predicted molar refractivity (Wildman–Crippen MR) is 93.7 cm³/mol. The minimum atomic E-state index is -0.344. The number of rotatable bonds is 9. The summed E-state index contributed by atoms with van der Waals surface area (Å²) in [4.78, 5) is 25.5. The van der Waals surface area contributed by atoms with E-state index in [9.17, 15) is 9.59 Å². The van der Waals surface area contributed by atoms with E-state index in [1.807, 2.05) is 37.2 Å². The van der Waals surface area contributed by atoms with Crippen LogP contribution in [0.1, 0.15) is 58.7 Å². The second-order valence-corrected chi connectivity index (χ2v) is 7.70. The Hall–Kier alpha value is -1.57. The van der Waals surface area contributed by atoms with Gasteiger partial charge in [-0.25, -0.2) is 0 Å². The molecule has 0 unspecified atom stereocenters. The number of nitrogens with zero attached hydrogens (tertiary/aromatic N) is 4. The number of carbonyl (C=O) groups is 2. The molecule has 1 aromatic heterocycles. The van der Waals surface area contributed by atoms with Gasteiger partial charge < -0.3 is 15.2 Å². The number of thioether (sulfide) groups is 1. The van der Waals surface area contributed by atoms with Crippen LogP contribution in [-0.2, 0) is 16.1 Å². The average molecular weight is 353 g/mol. The average Bonchev–Trinajstić information content (AvgIpc) is 3.23. The minimum absolute atomic E-state index is 0.0856. The van der Waals surface area contributed by atoms with E-state index in [4.69, 9.17) is 5.73 Å². The van der Waals surface area contributed by atoms with Crippen molar-refractivity contribution in [3.05, 3.63) is 5.82 Å². The summed E-state index contributed by atoms with van der Waals surface area (Å²) in [6, 6.07) is 0.320. The molecule has 1 aromatic rings. The van der Waals surface area contributed by atoms with Crippen LogP contribution in [-0.4, -0.2) is 49.3 Å². The second kappa shape index (κ2) is 8.00. The molecule has 8 heteroatoms. The first-order valence-electron chi connectivity index (χ1n) is 8.46. The van der Waals surface area contributed by atoms with E-state index in [2.05, 4.69) is 10.2 Å². The second-order valence-electron chi connectivity index (χ2n) is 6.76. The summed E-state index contributed by atoms with van der Waals surface area (Å²) in [7, 11) is 0. The van der Waals surface area contributed by atoms with E-state index in [1.165, 1.54) is 11.8 Å². The Morgan fingerprint density at radius 2 is 1.88 bits per heavy atom. The van der Waals surface area contributed by atoms with Crippen LogP contribution < -0.4 is 5.73 Å². The van der Waals surface area contributed by atoms with Crippen molar-refractivity contribution in [2.45, 2.75) is 76.7 Å². The third-order valence-corrected chi connectivity index (χ3v) is 4.95. The molecule has 2 N–H and O–H groups in total. The molecule has 0 aliphatic heterocycles. The molecular weight excluding hydrogens is 326 g/mol. The molecule has 1 aliphatic rings. The maximum atomic E-state index is 12.5. The van der Waals surface area contributed by atoms with Gasteiger partial charge in [-0.2, -0.15) is 0 Å². The highest BCUT2D eigenvalue weighted by Gasteiger charge is 2.31. The van der Waals surface area contributed by atoms with E-state index in [1.54, 1.807) is 0 Å². The number of nitrogens with two attached hydrogens (primary N) is 1. The lowest BCUT2D eigenvalue weighted by Crippen LogP contribution is -2.43. The normalized spacial score (nSPS) is 14.4. The fraction of sp³-hybridized carbons (Fsp3) is 0.750. The highest BCUT2D eigenvalue weighted by Crippen LogP contribution is 2.40. The SMILES string of the molecule is CC(C)N(C(=O)CSc1nnc(C2CC2)n1CCC(N)=O)C(C)C. The van der Waals surface area contributed by atoms with E-state index < -0.39 is 0 Å². The quantitative estimate of drug-likeness (QED) is 0.683. The Bertz CT molecular complexity index is 587. The van der Waals surface area contributed by atoms with Crippen LogP contribution in [0, 0.1) is 0 Å². The van der Waals surface area contributed by atoms with Crippen LogP contribution in [0.2, 0.25) is 0 Å². The molecule has 2 amide bonds. The Morgan fingerprint density at radius 3 is 2.38 bits per heavy atom. The van der Waals surface area contributed by atoms with Gasteiger partial charge in [-0.1, -0.05) is 11.8 Å². The first-order chi connectivity index (χ1) is 11.3. The Balaban J connectivity index is 2.06. The van der Waals surface area contributed by atoms with Crippen molar-refractivity contribution < 1.29 is 9.59 Å². The van der Waals surface area contributed by atoms with Crippen molar-refractivity contribution in [3.63, 3.8) is 0 Å². The summed E-state index contributed by atoms with van der Waals surface area (Å²) < 4.78 is 1.95. The maximum Gasteiger partial charge on any atom is 0.233 e. The molecule has 1 saturated carbocycles. The smallest absolute Gasteiger partial charge is 0.233 e. The molecule has 7 nitrogen and oxygen atoms in total. The van der Waals surface area contributed by atoms with Gasteiger partial charge in [0.05, 0.1) is 5.75 Å². The molecule has 0 aromatic carbocycles. The zero-order chi connectivity index (χ0) is 17.9. The fourth-order valence-electron chi connectivity index (χ4n) is 2.86. The third kappa shape index (κ3) is 4.72. The van der Waals surface area contributed by atoms with Crippen LogP contribution in [0.15, 0.2) is 5.16 Å². The molecule has 0 radical (unpaired) electrons.